The van der Waals surface area contributed by atoms with Gasteiger partial charge in [-0.05, 0) is 30.2 Å². The van der Waals surface area contributed by atoms with E-state index in [1.165, 1.54) is 35.7 Å². The zero-order valence-electron chi connectivity index (χ0n) is 12.7. The minimum absolute atomic E-state index is 0.537. The lowest BCUT2D eigenvalue weighted by Gasteiger charge is -2.35. The fraction of sp³-hybridized carbons (Fsp3) is 0.529. The van der Waals surface area contributed by atoms with Gasteiger partial charge in [0.15, 0.2) is 0 Å². The van der Waals surface area contributed by atoms with Gasteiger partial charge in [-0.15, -0.1) is 0 Å². The van der Waals surface area contributed by atoms with E-state index >= 15 is 0 Å². The molecule has 1 saturated heterocycles. The highest BCUT2D eigenvalue weighted by Crippen LogP contribution is 2.33. The number of nitrogens with zero attached hydrogens (tertiary/aromatic N) is 1. The molecule has 3 nitrogen and oxygen atoms in total. The number of nitrogens with one attached hydrogen (secondary N) is 2. The Kier molecular flexibility index (Phi) is 4.99. The first-order valence-electron chi connectivity index (χ1n) is 8.01. The van der Waals surface area contributed by atoms with Crippen molar-refractivity contribution in [1.29, 1.82) is 0 Å². The van der Waals surface area contributed by atoms with Crippen LogP contribution in [0.4, 0.5) is 0 Å². The second-order valence-corrected chi connectivity index (χ2v) is 6.79. The maximum absolute atomic E-state index is 3.61. The van der Waals surface area contributed by atoms with Gasteiger partial charge < -0.3 is 10.3 Å². The molecule has 3 rings (SSSR count). The largest absolute Gasteiger partial charge is 0.361 e. The molecule has 1 atom stereocenters. The number of piperazine rings is 1. The zero-order chi connectivity index (χ0) is 14.7. The third-order valence-corrected chi connectivity index (χ3v) is 4.95. The molecule has 2 N–H and O–H groups in total. The van der Waals surface area contributed by atoms with E-state index in [9.17, 15) is 0 Å². The van der Waals surface area contributed by atoms with E-state index in [-0.39, 0.29) is 0 Å². The summed E-state index contributed by atoms with van der Waals surface area (Å²) in [7, 11) is 0. The number of unbranched alkanes of at least 4 members (excludes halogenated alkanes) is 1. The number of benzene rings is 1. The lowest BCUT2D eigenvalue weighted by Crippen LogP contribution is -2.45. The molecule has 1 fully saturated rings. The molecule has 1 aliphatic rings. The predicted molar refractivity (Wildman–Crippen MR) is 92.7 cm³/mol. The van der Waals surface area contributed by atoms with E-state index in [4.69, 9.17) is 0 Å². The van der Waals surface area contributed by atoms with Crippen LogP contribution in [0.25, 0.3) is 10.9 Å². The molecular weight excluding hydrogens is 326 g/mol. The molecular formula is C17H24BrN3. The highest BCUT2D eigenvalue weighted by atomic mass is 79.9. The average molecular weight is 350 g/mol. The van der Waals surface area contributed by atoms with Crippen molar-refractivity contribution in [1.82, 2.24) is 15.2 Å². The van der Waals surface area contributed by atoms with Gasteiger partial charge in [-0.2, -0.15) is 0 Å². The summed E-state index contributed by atoms with van der Waals surface area (Å²) in [5.41, 5.74) is 2.70. The van der Waals surface area contributed by atoms with Crippen LogP contribution in [0.1, 0.15) is 37.8 Å². The van der Waals surface area contributed by atoms with Crippen molar-refractivity contribution in [3.8, 4) is 0 Å². The lowest BCUT2D eigenvalue weighted by molar-refractivity contribution is 0.164. The number of aromatic nitrogens is 1. The molecule has 0 spiro atoms. The minimum Gasteiger partial charge on any atom is -0.361 e. The van der Waals surface area contributed by atoms with Gasteiger partial charge in [0.2, 0.25) is 0 Å². The second kappa shape index (κ2) is 6.95. The van der Waals surface area contributed by atoms with Crippen LogP contribution in [0.3, 0.4) is 0 Å². The van der Waals surface area contributed by atoms with Gasteiger partial charge in [-0.1, -0.05) is 35.7 Å². The van der Waals surface area contributed by atoms with E-state index in [2.05, 4.69) is 62.5 Å². The van der Waals surface area contributed by atoms with E-state index in [1.54, 1.807) is 0 Å². The highest BCUT2D eigenvalue weighted by molar-refractivity contribution is 9.10. The molecule has 114 valence electrons. The van der Waals surface area contributed by atoms with Crippen LogP contribution >= 0.6 is 15.9 Å². The summed E-state index contributed by atoms with van der Waals surface area (Å²) in [6.45, 7) is 6.79. The third kappa shape index (κ3) is 3.33. The Hall–Kier alpha value is -0.840. The smallest absolute Gasteiger partial charge is 0.0458 e. The number of fused-ring (bicyclic) bond motifs is 1. The van der Waals surface area contributed by atoms with Gasteiger partial charge in [-0.25, -0.2) is 0 Å². The summed E-state index contributed by atoms with van der Waals surface area (Å²) in [6.07, 6.45) is 6.01. The fourth-order valence-electron chi connectivity index (χ4n) is 3.32. The normalized spacial score (nSPS) is 18.2. The van der Waals surface area contributed by atoms with Crippen molar-refractivity contribution < 1.29 is 0 Å². The van der Waals surface area contributed by atoms with Crippen molar-refractivity contribution in [2.75, 3.05) is 26.2 Å². The molecule has 0 aliphatic carbocycles. The van der Waals surface area contributed by atoms with E-state index in [1.807, 2.05) is 0 Å². The first kappa shape index (κ1) is 15.1. The van der Waals surface area contributed by atoms with Crippen molar-refractivity contribution in [3.05, 3.63) is 34.4 Å². The van der Waals surface area contributed by atoms with Crippen LogP contribution in [0.2, 0.25) is 0 Å². The van der Waals surface area contributed by atoms with Gasteiger partial charge in [0.1, 0.15) is 0 Å². The first-order chi connectivity index (χ1) is 10.3. The molecule has 0 saturated carbocycles. The number of hydrogen-bond donors (Lipinski definition) is 2. The highest BCUT2D eigenvalue weighted by Gasteiger charge is 2.24. The molecule has 1 aromatic carbocycles. The minimum atomic E-state index is 0.537. The molecule has 0 bridgehead atoms. The zero-order valence-corrected chi connectivity index (χ0v) is 14.2. The number of halogens is 1. The summed E-state index contributed by atoms with van der Waals surface area (Å²) in [6, 6.07) is 7.06. The van der Waals surface area contributed by atoms with E-state index in [0.717, 1.165) is 30.7 Å². The van der Waals surface area contributed by atoms with Crippen molar-refractivity contribution in [3.63, 3.8) is 0 Å². The first-order valence-corrected chi connectivity index (χ1v) is 8.80. The third-order valence-electron chi connectivity index (χ3n) is 4.46. The number of H-pyrrole nitrogens is 1. The van der Waals surface area contributed by atoms with Crippen LogP contribution in [-0.4, -0.2) is 36.1 Å². The van der Waals surface area contributed by atoms with Crippen LogP contribution in [-0.2, 0) is 0 Å². The summed E-state index contributed by atoms with van der Waals surface area (Å²) in [5, 5.41) is 4.83. The SMILES string of the molecule is CCCC[C@@H](c1c[nH]c2ccc(Br)cc12)N1CCNCC1. The van der Waals surface area contributed by atoms with Gasteiger partial charge >= 0.3 is 0 Å². The Morgan fingerprint density at radius 1 is 1.29 bits per heavy atom. The summed E-state index contributed by atoms with van der Waals surface area (Å²) >= 11 is 3.61. The summed E-state index contributed by atoms with van der Waals surface area (Å²) in [4.78, 5) is 6.10. The molecule has 0 unspecified atom stereocenters. The topological polar surface area (TPSA) is 31.1 Å². The van der Waals surface area contributed by atoms with Crippen LogP contribution < -0.4 is 5.32 Å². The van der Waals surface area contributed by atoms with Crippen LogP contribution in [0.15, 0.2) is 28.9 Å². The van der Waals surface area contributed by atoms with Gasteiger partial charge in [0, 0.05) is 53.8 Å². The van der Waals surface area contributed by atoms with Gasteiger partial charge in [0.05, 0.1) is 0 Å². The predicted octanol–water partition coefficient (Wildman–Crippen LogP) is 4.07. The standard InChI is InChI=1S/C17H24BrN3/c1-2-3-4-17(21-9-7-19-8-10-21)15-12-20-16-6-5-13(18)11-14(15)16/h5-6,11-12,17,19-20H,2-4,7-10H2,1H3/t17-/m0/s1. The molecule has 0 amide bonds. The maximum atomic E-state index is 3.61. The Bertz CT molecular complexity index is 587. The summed E-state index contributed by atoms with van der Waals surface area (Å²) < 4.78 is 1.16. The number of hydrogen-bond acceptors (Lipinski definition) is 2. The monoisotopic (exact) mass is 349 g/mol. The number of aromatic amines is 1. The van der Waals surface area contributed by atoms with E-state index < -0.39 is 0 Å². The lowest BCUT2D eigenvalue weighted by atomic mass is 9.98. The van der Waals surface area contributed by atoms with Crippen LogP contribution in [0.5, 0.6) is 0 Å². The van der Waals surface area contributed by atoms with Crippen molar-refractivity contribution in [2.45, 2.75) is 32.2 Å². The second-order valence-electron chi connectivity index (χ2n) is 5.88. The Balaban J connectivity index is 1.94. The van der Waals surface area contributed by atoms with Gasteiger partial charge in [0.25, 0.3) is 0 Å². The molecule has 2 aromatic rings. The molecule has 21 heavy (non-hydrogen) atoms. The van der Waals surface area contributed by atoms with Crippen molar-refractivity contribution >= 4 is 26.8 Å². The Morgan fingerprint density at radius 3 is 2.86 bits per heavy atom. The molecule has 0 radical (unpaired) electrons. The quantitative estimate of drug-likeness (QED) is 0.852. The van der Waals surface area contributed by atoms with Crippen LogP contribution in [0, 0.1) is 0 Å². The molecule has 2 heterocycles. The summed E-state index contributed by atoms with van der Waals surface area (Å²) in [5.74, 6) is 0. The van der Waals surface area contributed by atoms with E-state index in [0.29, 0.717) is 6.04 Å². The molecule has 4 heteroatoms. The number of rotatable bonds is 5. The molecule has 1 aliphatic heterocycles. The maximum Gasteiger partial charge on any atom is 0.0458 e. The van der Waals surface area contributed by atoms with Gasteiger partial charge in [-0.3, -0.25) is 4.90 Å². The van der Waals surface area contributed by atoms with Crippen molar-refractivity contribution in [2.24, 2.45) is 0 Å². The molecule has 1 aromatic heterocycles. The Morgan fingerprint density at radius 2 is 2.10 bits per heavy atom. The average Bonchev–Trinajstić information content (AvgIpc) is 2.92. The Labute approximate surface area is 135 Å². The fourth-order valence-corrected chi connectivity index (χ4v) is 3.68.